The first-order valence-corrected chi connectivity index (χ1v) is 6.74. The molecule has 0 bridgehead atoms. The van der Waals surface area contributed by atoms with Gasteiger partial charge in [0.15, 0.2) is 0 Å². The minimum absolute atomic E-state index is 0.468. The van der Waals surface area contributed by atoms with Gasteiger partial charge in [0.25, 0.3) is 0 Å². The van der Waals surface area contributed by atoms with Gasteiger partial charge in [-0.05, 0) is 34.9 Å². The number of halogens is 2. The third-order valence-corrected chi connectivity index (χ3v) is 3.36. The fraction of sp³-hybridized carbons (Fsp3) is 0.200. The Hall–Kier alpha value is -1.06. The molecule has 0 saturated heterocycles. The van der Waals surface area contributed by atoms with Crippen molar-refractivity contribution in [2.24, 2.45) is 5.73 Å². The highest BCUT2D eigenvalue weighted by atomic mass is 35.5. The molecule has 0 amide bonds. The van der Waals surface area contributed by atoms with E-state index in [4.69, 9.17) is 33.7 Å². The van der Waals surface area contributed by atoms with Gasteiger partial charge in [-0.25, -0.2) is 0 Å². The van der Waals surface area contributed by atoms with Crippen molar-refractivity contribution in [3.05, 3.63) is 69.2 Å². The van der Waals surface area contributed by atoms with E-state index >= 15 is 0 Å². The zero-order chi connectivity index (χ0) is 13.7. The van der Waals surface area contributed by atoms with Gasteiger partial charge in [0.05, 0.1) is 13.2 Å². The van der Waals surface area contributed by atoms with E-state index in [2.05, 4.69) is 0 Å². The molecule has 2 N–H and O–H groups in total. The Morgan fingerprint density at radius 1 is 0.947 bits per heavy atom. The highest BCUT2D eigenvalue weighted by Crippen LogP contribution is 2.19. The van der Waals surface area contributed by atoms with Crippen molar-refractivity contribution in [2.75, 3.05) is 0 Å². The van der Waals surface area contributed by atoms with Crippen LogP contribution >= 0.6 is 23.2 Å². The van der Waals surface area contributed by atoms with Crippen molar-refractivity contribution in [3.63, 3.8) is 0 Å². The lowest BCUT2D eigenvalue weighted by molar-refractivity contribution is 0.107. The van der Waals surface area contributed by atoms with Crippen LogP contribution in [0.25, 0.3) is 0 Å². The van der Waals surface area contributed by atoms with E-state index in [-0.39, 0.29) is 0 Å². The van der Waals surface area contributed by atoms with E-state index in [1.165, 1.54) is 0 Å². The Morgan fingerprint density at radius 2 is 1.79 bits per heavy atom. The molecule has 0 aliphatic heterocycles. The molecule has 0 heterocycles. The molecule has 0 fully saturated rings. The van der Waals surface area contributed by atoms with E-state index in [1.54, 1.807) is 0 Å². The van der Waals surface area contributed by atoms with Gasteiger partial charge in [0, 0.05) is 16.6 Å². The van der Waals surface area contributed by atoms with Crippen molar-refractivity contribution in [1.82, 2.24) is 0 Å². The van der Waals surface area contributed by atoms with Crippen molar-refractivity contribution < 1.29 is 4.74 Å². The summed E-state index contributed by atoms with van der Waals surface area (Å²) in [7, 11) is 0. The zero-order valence-electron chi connectivity index (χ0n) is 10.4. The summed E-state index contributed by atoms with van der Waals surface area (Å²) in [5.74, 6) is 0. The molecule has 0 aliphatic carbocycles. The maximum absolute atomic E-state index is 6.16. The summed E-state index contributed by atoms with van der Waals surface area (Å²) in [6.07, 6.45) is 0. The number of hydrogen-bond donors (Lipinski definition) is 1. The SMILES string of the molecule is NCc1ccc(COCc2cccc(Cl)c2)c(Cl)c1. The average Bonchev–Trinajstić information content (AvgIpc) is 2.40. The summed E-state index contributed by atoms with van der Waals surface area (Å²) in [6.45, 7) is 1.47. The lowest BCUT2D eigenvalue weighted by Gasteiger charge is -2.08. The fourth-order valence-corrected chi connectivity index (χ4v) is 2.21. The van der Waals surface area contributed by atoms with Gasteiger partial charge in [-0.15, -0.1) is 0 Å². The summed E-state index contributed by atoms with van der Waals surface area (Å²) in [5.41, 5.74) is 8.58. The first-order valence-electron chi connectivity index (χ1n) is 5.98. The second kappa shape index (κ2) is 6.92. The van der Waals surface area contributed by atoms with E-state index in [0.29, 0.717) is 29.8 Å². The Kier molecular flexibility index (Phi) is 5.23. The molecular formula is C15H15Cl2NO. The van der Waals surface area contributed by atoms with Crippen LogP contribution in [0.2, 0.25) is 10.0 Å². The Labute approximate surface area is 123 Å². The van der Waals surface area contributed by atoms with Crippen LogP contribution in [0.15, 0.2) is 42.5 Å². The van der Waals surface area contributed by atoms with Crippen LogP contribution in [-0.2, 0) is 24.5 Å². The topological polar surface area (TPSA) is 35.2 Å². The molecule has 0 spiro atoms. The van der Waals surface area contributed by atoms with Crippen LogP contribution in [0.1, 0.15) is 16.7 Å². The first kappa shape index (κ1) is 14.4. The van der Waals surface area contributed by atoms with Crippen LogP contribution in [0.5, 0.6) is 0 Å². The molecule has 2 rings (SSSR count). The van der Waals surface area contributed by atoms with Crippen LogP contribution in [-0.4, -0.2) is 0 Å². The van der Waals surface area contributed by atoms with Gasteiger partial charge in [0.2, 0.25) is 0 Å². The maximum Gasteiger partial charge on any atom is 0.0735 e. The Morgan fingerprint density at radius 3 is 2.47 bits per heavy atom. The van der Waals surface area contributed by atoms with Gasteiger partial charge in [-0.3, -0.25) is 0 Å². The molecule has 0 aromatic heterocycles. The zero-order valence-corrected chi connectivity index (χ0v) is 11.9. The number of nitrogens with two attached hydrogens (primary N) is 1. The second-order valence-corrected chi connectivity index (χ2v) is 5.10. The Bertz CT molecular complexity index is 558. The predicted octanol–water partition coefficient (Wildman–Crippen LogP) is 4.17. The van der Waals surface area contributed by atoms with E-state index in [0.717, 1.165) is 16.7 Å². The van der Waals surface area contributed by atoms with E-state index < -0.39 is 0 Å². The lowest BCUT2D eigenvalue weighted by atomic mass is 10.1. The molecule has 0 aliphatic rings. The summed E-state index contributed by atoms with van der Waals surface area (Å²) in [6, 6.07) is 13.4. The van der Waals surface area contributed by atoms with Crippen LogP contribution in [0, 0.1) is 0 Å². The normalized spacial score (nSPS) is 10.7. The summed E-state index contributed by atoms with van der Waals surface area (Å²) >= 11 is 12.1. The number of benzene rings is 2. The number of ether oxygens (including phenoxy) is 1. The molecule has 19 heavy (non-hydrogen) atoms. The smallest absolute Gasteiger partial charge is 0.0735 e. The molecule has 4 heteroatoms. The van der Waals surface area contributed by atoms with Crippen molar-refractivity contribution in [2.45, 2.75) is 19.8 Å². The standard InChI is InChI=1S/C15H15Cl2NO/c16-14-3-1-2-12(6-14)9-19-10-13-5-4-11(8-18)7-15(13)17/h1-7H,8-10,18H2. The van der Waals surface area contributed by atoms with Gasteiger partial charge >= 0.3 is 0 Å². The molecule has 100 valence electrons. The lowest BCUT2D eigenvalue weighted by Crippen LogP contribution is -1.99. The van der Waals surface area contributed by atoms with E-state index in [9.17, 15) is 0 Å². The van der Waals surface area contributed by atoms with Gasteiger partial charge < -0.3 is 10.5 Å². The van der Waals surface area contributed by atoms with Crippen LogP contribution in [0.3, 0.4) is 0 Å². The monoisotopic (exact) mass is 295 g/mol. The largest absolute Gasteiger partial charge is 0.372 e. The highest BCUT2D eigenvalue weighted by Gasteiger charge is 2.02. The van der Waals surface area contributed by atoms with Gasteiger partial charge in [-0.1, -0.05) is 47.5 Å². The third kappa shape index (κ3) is 4.22. The van der Waals surface area contributed by atoms with Crippen molar-refractivity contribution >= 4 is 23.2 Å². The summed E-state index contributed by atoms with van der Waals surface area (Å²) in [4.78, 5) is 0. The summed E-state index contributed by atoms with van der Waals surface area (Å²) < 4.78 is 5.64. The molecular weight excluding hydrogens is 281 g/mol. The van der Waals surface area contributed by atoms with Crippen molar-refractivity contribution in [1.29, 1.82) is 0 Å². The predicted molar refractivity (Wildman–Crippen MR) is 79.3 cm³/mol. The van der Waals surface area contributed by atoms with Crippen LogP contribution < -0.4 is 5.73 Å². The fourth-order valence-electron chi connectivity index (χ4n) is 1.74. The molecule has 0 atom stereocenters. The molecule has 0 saturated carbocycles. The van der Waals surface area contributed by atoms with Crippen LogP contribution in [0.4, 0.5) is 0 Å². The van der Waals surface area contributed by atoms with Gasteiger partial charge in [-0.2, -0.15) is 0 Å². The van der Waals surface area contributed by atoms with E-state index in [1.807, 2.05) is 42.5 Å². The first-order chi connectivity index (χ1) is 9.19. The second-order valence-electron chi connectivity index (χ2n) is 4.25. The minimum Gasteiger partial charge on any atom is -0.372 e. The minimum atomic E-state index is 0.468. The average molecular weight is 296 g/mol. The van der Waals surface area contributed by atoms with Gasteiger partial charge in [0.1, 0.15) is 0 Å². The quantitative estimate of drug-likeness (QED) is 0.898. The molecule has 2 aromatic rings. The summed E-state index contributed by atoms with van der Waals surface area (Å²) in [5, 5.41) is 1.40. The highest BCUT2D eigenvalue weighted by molar-refractivity contribution is 6.31. The molecule has 0 radical (unpaired) electrons. The van der Waals surface area contributed by atoms with Crippen molar-refractivity contribution in [3.8, 4) is 0 Å². The third-order valence-electron chi connectivity index (χ3n) is 2.77. The molecule has 2 nitrogen and oxygen atoms in total. The number of rotatable bonds is 5. The number of hydrogen-bond acceptors (Lipinski definition) is 2. The maximum atomic E-state index is 6.16. The molecule has 0 unspecified atom stereocenters. The Balaban J connectivity index is 1.92. The molecule has 2 aromatic carbocycles.